The molecule has 2 bridgehead atoms. The Labute approximate surface area is 151 Å². The van der Waals surface area contributed by atoms with Crippen LogP contribution in [0, 0.1) is 29.1 Å². The first-order valence-electron chi connectivity index (χ1n) is 7.41. The van der Waals surface area contributed by atoms with Crippen molar-refractivity contribution in [2.75, 3.05) is 0 Å². The molecule has 6 nitrogen and oxygen atoms in total. The van der Waals surface area contributed by atoms with Crippen LogP contribution in [0.2, 0.25) is 0 Å². The van der Waals surface area contributed by atoms with E-state index in [2.05, 4.69) is 10.3 Å². The number of nitriles is 1. The number of allylic oxidation sites excluding steroid dienone is 1. The van der Waals surface area contributed by atoms with Crippen LogP contribution in [0.15, 0.2) is 14.3 Å². The number of aliphatic carboxylic acids is 1. The summed E-state index contributed by atoms with van der Waals surface area (Å²) in [5, 5.41) is 21.8. The van der Waals surface area contributed by atoms with E-state index in [9.17, 15) is 14.4 Å². The van der Waals surface area contributed by atoms with Gasteiger partial charge in [0.15, 0.2) is 0 Å². The van der Waals surface area contributed by atoms with E-state index in [1.54, 1.807) is 22.6 Å². The molecule has 0 aromatic carbocycles. The van der Waals surface area contributed by atoms with Crippen LogP contribution in [0.1, 0.15) is 25.7 Å². The van der Waals surface area contributed by atoms with Crippen molar-refractivity contribution in [2.45, 2.75) is 38.0 Å². The summed E-state index contributed by atoms with van der Waals surface area (Å²) >= 11 is 7.65. The van der Waals surface area contributed by atoms with Gasteiger partial charge in [-0.3, -0.25) is 10.1 Å². The van der Waals surface area contributed by atoms with E-state index in [-0.39, 0.29) is 32.3 Å². The molecule has 4 aliphatic rings. The average molecular weight is 453 g/mol. The molecular weight excluding hydrogens is 438 g/mol. The maximum Gasteiger partial charge on any atom is 0.308 e. The normalized spacial score (nSPS) is 36.7. The molecule has 2 N–H and O–H groups in total. The van der Waals surface area contributed by atoms with Crippen molar-refractivity contribution in [3.05, 3.63) is 9.28 Å². The van der Waals surface area contributed by atoms with E-state index in [1.165, 1.54) is 0 Å². The molecule has 0 aromatic heterocycles. The molecule has 4 rings (SSSR count). The second-order valence-electron chi connectivity index (χ2n) is 6.11. The first-order chi connectivity index (χ1) is 10.9. The fraction of sp³-hybridized carbons (Fsp3) is 0.643. The van der Waals surface area contributed by atoms with Gasteiger partial charge in [0.25, 0.3) is 0 Å². The molecule has 0 saturated heterocycles. The summed E-state index contributed by atoms with van der Waals surface area (Å²) < 4.78 is 14.5. The molecular formula is C14H15ClFIN4O2. The fourth-order valence-corrected chi connectivity index (χ4v) is 4.96. The van der Waals surface area contributed by atoms with Crippen molar-refractivity contribution in [1.82, 2.24) is 10.4 Å². The minimum Gasteiger partial charge on any atom is -0.481 e. The molecule has 0 amide bonds. The fourth-order valence-electron chi connectivity index (χ4n) is 3.93. The third-order valence-electron chi connectivity index (χ3n) is 5.01. The molecule has 3 saturated carbocycles. The highest BCUT2D eigenvalue weighted by Gasteiger charge is 2.48. The van der Waals surface area contributed by atoms with Gasteiger partial charge in [-0.2, -0.15) is 10.4 Å². The van der Waals surface area contributed by atoms with E-state index < -0.39 is 18.2 Å². The second-order valence-corrected chi connectivity index (χ2v) is 7.49. The van der Waals surface area contributed by atoms with Gasteiger partial charge in [-0.1, -0.05) is 16.1 Å². The van der Waals surface area contributed by atoms with Gasteiger partial charge in [-0.15, -0.1) is 0 Å². The molecule has 9 heteroatoms. The lowest BCUT2D eigenvalue weighted by Crippen LogP contribution is -2.59. The Balaban J connectivity index is 1.83. The predicted molar refractivity (Wildman–Crippen MR) is 90.2 cm³/mol. The van der Waals surface area contributed by atoms with E-state index in [4.69, 9.17) is 16.9 Å². The number of nitrogens with one attached hydrogen (secondary N) is 1. The summed E-state index contributed by atoms with van der Waals surface area (Å²) in [4.78, 5) is 15.6. The Morgan fingerprint density at radius 2 is 2.04 bits per heavy atom. The Hall–Kier alpha value is -0.920. The smallest absolute Gasteiger partial charge is 0.308 e. The van der Waals surface area contributed by atoms with E-state index in [1.807, 2.05) is 6.07 Å². The van der Waals surface area contributed by atoms with E-state index >= 15 is 0 Å². The van der Waals surface area contributed by atoms with Gasteiger partial charge in [-0.05, 0) is 60.1 Å². The summed E-state index contributed by atoms with van der Waals surface area (Å²) in [6.07, 6.45) is 2.60. The zero-order valence-corrected chi connectivity index (χ0v) is 15.0. The van der Waals surface area contributed by atoms with Gasteiger partial charge in [0, 0.05) is 6.04 Å². The highest BCUT2D eigenvalue weighted by atomic mass is 127. The molecule has 124 valence electrons. The van der Waals surface area contributed by atoms with Crippen molar-refractivity contribution in [1.29, 1.82) is 5.26 Å². The van der Waals surface area contributed by atoms with Crippen LogP contribution >= 0.6 is 34.2 Å². The van der Waals surface area contributed by atoms with Gasteiger partial charge >= 0.3 is 5.97 Å². The maximum atomic E-state index is 14.4. The second kappa shape index (κ2) is 6.53. The minimum absolute atomic E-state index is 0.0206. The van der Waals surface area contributed by atoms with E-state index in [0.717, 1.165) is 25.7 Å². The van der Waals surface area contributed by atoms with Crippen LogP contribution in [-0.2, 0) is 4.79 Å². The number of fused-ring (bicyclic) bond motifs is 3. The van der Waals surface area contributed by atoms with Gasteiger partial charge in [0.1, 0.15) is 20.5 Å². The van der Waals surface area contributed by atoms with Crippen molar-refractivity contribution in [3.8, 4) is 6.07 Å². The monoisotopic (exact) mass is 452 g/mol. The van der Waals surface area contributed by atoms with Gasteiger partial charge < -0.3 is 5.11 Å². The van der Waals surface area contributed by atoms with Gasteiger partial charge in [0.2, 0.25) is 6.29 Å². The molecule has 0 aromatic rings. The van der Waals surface area contributed by atoms with Crippen LogP contribution in [0.3, 0.4) is 0 Å². The van der Waals surface area contributed by atoms with Crippen molar-refractivity contribution >= 4 is 45.3 Å². The van der Waals surface area contributed by atoms with Gasteiger partial charge in [0.05, 0.1) is 5.92 Å². The lowest BCUT2D eigenvalue weighted by molar-refractivity contribution is -0.150. The number of carbonyl (C=O) groups is 1. The van der Waals surface area contributed by atoms with Crippen molar-refractivity contribution in [2.24, 2.45) is 22.7 Å². The molecule has 3 aliphatic carbocycles. The molecule has 23 heavy (non-hydrogen) atoms. The highest BCUT2D eigenvalue weighted by molar-refractivity contribution is 14.1. The predicted octanol–water partition coefficient (Wildman–Crippen LogP) is 2.76. The third-order valence-corrected chi connectivity index (χ3v) is 6.29. The summed E-state index contributed by atoms with van der Waals surface area (Å²) in [7, 11) is 0. The average Bonchev–Trinajstić information content (AvgIpc) is 2.53. The largest absolute Gasteiger partial charge is 0.481 e. The van der Waals surface area contributed by atoms with Crippen LogP contribution in [-0.4, -0.2) is 33.7 Å². The first-order valence-corrected chi connectivity index (χ1v) is 8.87. The van der Waals surface area contributed by atoms with E-state index in [0.29, 0.717) is 5.12 Å². The lowest BCUT2D eigenvalue weighted by Gasteiger charge is -2.48. The Kier molecular flexibility index (Phi) is 4.80. The van der Waals surface area contributed by atoms with Crippen LogP contribution in [0.5, 0.6) is 0 Å². The molecule has 0 radical (unpaired) electrons. The summed E-state index contributed by atoms with van der Waals surface area (Å²) in [5.41, 5.74) is -0.0206. The number of carboxylic acids is 1. The number of halogens is 3. The summed E-state index contributed by atoms with van der Waals surface area (Å²) in [6.45, 7) is 0. The zero-order chi connectivity index (χ0) is 16.7. The standard InChI is InChI=1S/C14H15ClFIN4O2/c15-11-8(5-18)12(17)21(16)14(20-11)19-10-7-3-1-6(2-4-7)9(10)13(22)23/h6-7,9-10,14,19H,1-4H2,(H,22,23). The molecule has 3 fully saturated rings. The quantitative estimate of drug-likeness (QED) is 0.390. The van der Waals surface area contributed by atoms with Crippen molar-refractivity contribution < 1.29 is 14.4 Å². The molecule has 1 heterocycles. The highest BCUT2D eigenvalue weighted by Crippen LogP contribution is 2.45. The number of aliphatic imine (C=N–C) groups is 1. The molecule has 3 unspecified atom stereocenters. The lowest BCUT2D eigenvalue weighted by atomic mass is 9.61. The Bertz CT molecular complexity index is 627. The third kappa shape index (κ3) is 2.94. The topological polar surface area (TPSA) is 88.7 Å². The minimum atomic E-state index is -1.10. The maximum absolute atomic E-state index is 14.4. The molecule has 0 spiro atoms. The van der Waals surface area contributed by atoms with Crippen molar-refractivity contribution in [3.63, 3.8) is 0 Å². The number of carboxylic acid groups (broad SMARTS) is 1. The summed E-state index contributed by atoms with van der Waals surface area (Å²) in [6, 6.07) is 1.47. The number of hydrogen-bond acceptors (Lipinski definition) is 5. The molecule has 3 atom stereocenters. The number of hydrogen-bond donors (Lipinski definition) is 2. The van der Waals surface area contributed by atoms with Crippen LogP contribution in [0.4, 0.5) is 4.48 Å². The zero-order valence-electron chi connectivity index (χ0n) is 12.0. The Morgan fingerprint density at radius 3 is 2.61 bits per heavy atom. The van der Waals surface area contributed by atoms with Crippen LogP contribution < -0.4 is 5.32 Å². The number of nitrogens with zero attached hydrogens (tertiary/aromatic N) is 3. The Morgan fingerprint density at radius 1 is 1.43 bits per heavy atom. The summed E-state index contributed by atoms with van der Waals surface area (Å²) in [5.74, 6) is -1.07. The SMILES string of the molecule is N#CC1=C(I)N(F)C(NC2C3CCC(CC3)C2C(=O)O)N=C1Cl. The number of rotatable bonds is 3. The van der Waals surface area contributed by atoms with Crippen LogP contribution in [0.25, 0.3) is 0 Å². The molecule has 1 aliphatic heterocycles. The van der Waals surface area contributed by atoms with Gasteiger partial charge in [-0.25, -0.2) is 4.99 Å². The first kappa shape index (κ1) is 16.9.